The first-order chi connectivity index (χ1) is 9.60. The Balaban J connectivity index is 5.04. The van der Waals surface area contributed by atoms with Crippen molar-refractivity contribution in [1.29, 1.82) is 0 Å². The molecule has 0 bridgehead atoms. The van der Waals surface area contributed by atoms with Crippen LogP contribution in [0, 0.1) is 11.8 Å². The molecule has 0 saturated heterocycles. The summed E-state index contributed by atoms with van der Waals surface area (Å²) in [4.78, 5) is 23.9. The Morgan fingerprint density at radius 3 is 1.90 bits per heavy atom. The fourth-order valence-electron chi connectivity index (χ4n) is 1.34. The van der Waals surface area contributed by atoms with Crippen molar-refractivity contribution in [2.75, 3.05) is 25.2 Å². The monoisotopic (exact) mass is 320 g/mol. The van der Waals surface area contributed by atoms with E-state index in [9.17, 15) is 13.8 Å². The zero-order chi connectivity index (χ0) is 16.6. The van der Waals surface area contributed by atoms with Crippen LogP contribution in [-0.4, -0.2) is 46.2 Å². The summed E-state index contributed by atoms with van der Waals surface area (Å²) in [5, 5.41) is 0. The van der Waals surface area contributed by atoms with Crippen LogP contribution in [0.4, 0.5) is 0 Å². The SMILES string of the molecule is CCS(C)(=O)=C(CC(=O)OCC(C)C)C(=O)OCC(C)C. The van der Waals surface area contributed by atoms with Gasteiger partial charge in [0.05, 0.1) is 19.6 Å². The average molecular weight is 320 g/mol. The maximum atomic E-state index is 12.5. The van der Waals surface area contributed by atoms with Crippen LogP contribution in [0.1, 0.15) is 41.0 Å². The molecule has 5 nitrogen and oxygen atoms in total. The van der Waals surface area contributed by atoms with Crippen molar-refractivity contribution in [2.45, 2.75) is 41.0 Å². The van der Waals surface area contributed by atoms with E-state index >= 15 is 0 Å². The standard InChI is InChI=1S/C15H28O5S/c1-7-21(6,18)13(15(17)20-10-12(4)5)8-14(16)19-9-11(2)3/h11-12H,7-10H2,1-6H3. The van der Waals surface area contributed by atoms with Crippen LogP contribution < -0.4 is 0 Å². The van der Waals surface area contributed by atoms with Gasteiger partial charge in [0.25, 0.3) is 0 Å². The smallest absolute Gasteiger partial charge is 0.342 e. The molecular formula is C15H28O5S. The van der Waals surface area contributed by atoms with Gasteiger partial charge in [0.1, 0.15) is 4.86 Å². The van der Waals surface area contributed by atoms with Crippen molar-refractivity contribution < 1.29 is 23.3 Å². The third-order valence-corrected chi connectivity index (χ3v) is 5.19. The molecule has 0 saturated carbocycles. The molecule has 0 fully saturated rings. The quantitative estimate of drug-likeness (QED) is 0.504. The lowest BCUT2D eigenvalue weighted by atomic mass is 10.2. The van der Waals surface area contributed by atoms with E-state index in [-0.39, 0.29) is 42.1 Å². The molecule has 0 aliphatic heterocycles. The van der Waals surface area contributed by atoms with Gasteiger partial charge in [0.2, 0.25) is 0 Å². The summed E-state index contributed by atoms with van der Waals surface area (Å²) in [6.45, 7) is 9.90. The minimum absolute atomic E-state index is 0.0272. The Labute approximate surface area is 128 Å². The number of carbonyl (C=O) groups is 2. The van der Waals surface area contributed by atoms with Gasteiger partial charge in [0.15, 0.2) is 0 Å². The van der Waals surface area contributed by atoms with Crippen molar-refractivity contribution in [2.24, 2.45) is 11.8 Å². The van der Waals surface area contributed by atoms with Crippen LogP contribution in [0.25, 0.3) is 0 Å². The molecule has 0 N–H and O–H groups in total. The molecule has 0 heterocycles. The van der Waals surface area contributed by atoms with Crippen LogP contribution in [0.2, 0.25) is 0 Å². The maximum absolute atomic E-state index is 12.5. The van der Waals surface area contributed by atoms with E-state index in [0.717, 1.165) is 0 Å². The molecule has 0 aromatic rings. The van der Waals surface area contributed by atoms with Crippen molar-refractivity contribution >= 4 is 26.3 Å². The molecule has 21 heavy (non-hydrogen) atoms. The van der Waals surface area contributed by atoms with E-state index in [1.807, 2.05) is 27.7 Å². The molecule has 0 aromatic heterocycles. The lowest BCUT2D eigenvalue weighted by Crippen LogP contribution is -2.30. The Morgan fingerprint density at radius 1 is 1.00 bits per heavy atom. The summed E-state index contributed by atoms with van der Waals surface area (Å²) in [7, 11) is -2.55. The summed E-state index contributed by atoms with van der Waals surface area (Å²) in [6.07, 6.45) is 1.21. The number of hydrogen-bond acceptors (Lipinski definition) is 5. The lowest BCUT2D eigenvalue weighted by Gasteiger charge is -2.14. The minimum atomic E-state index is -2.55. The van der Waals surface area contributed by atoms with E-state index < -0.39 is 21.5 Å². The average Bonchev–Trinajstić information content (AvgIpc) is 2.39. The fraction of sp³-hybridized carbons (Fsp3) is 0.800. The highest BCUT2D eigenvalue weighted by molar-refractivity contribution is 8.02. The summed E-state index contributed by atoms with van der Waals surface area (Å²) < 4.78 is 22.6. The minimum Gasteiger partial charge on any atom is -0.465 e. The van der Waals surface area contributed by atoms with E-state index in [0.29, 0.717) is 0 Å². The molecule has 1 atom stereocenters. The number of ether oxygens (including phenoxy) is 2. The predicted molar refractivity (Wildman–Crippen MR) is 85.8 cm³/mol. The van der Waals surface area contributed by atoms with Gasteiger partial charge in [-0.3, -0.25) is 9.00 Å². The van der Waals surface area contributed by atoms with Gasteiger partial charge in [-0.25, -0.2) is 4.79 Å². The number of rotatable bonds is 8. The third kappa shape index (κ3) is 8.09. The topological polar surface area (TPSA) is 69.7 Å². The van der Waals surface area contributed by atoms with E-state index in [4.69, 9.17) is 9.47 Å². The number of hydrogen-bond donors (Lipinski definition) is 0. The molecule has 1 unspecified atom stereocenters. The van der Waals surface area contributed by atoms with E-state index in [2.05, 4.69) is 0 Å². The first-order valence-corrected chi connectivity index (χ1v) is 9.39. The Bertz CT molecular complexity index is 470. The van der Waals surface area contributed by atoms with E-state index in [1.165, 1.54) is 6.26 Å². The lowest BCUT2D eigenvalue weighted by molar-refractivity contribution is -0.144. The Morgan fingerprint density at radius 2 is 1.48 bits per heavy atom. The second kappa shape index (κ2) is 9.07. The van der Waals surface area contributed by atoms with Gasteiger partial charge in [-0.1, -0.05) is 34.6 Å². The second-order valence-electron chi connectivity index (χ2n) is 5.96. The third-order valence-electron chi connectivity index (χ3n) is 2.73. The van der Waals surface area contributed by atoms with Gasteiger partial charge < -0.3 is 9.47 Å². The van der Waals surface area contributed by atoms with Crippen LogP contribution in [-0.2, 0) is 28.6 Å². The van der Waals surface area contributed by atoms with Gasteiger partial charge in [-0.05, 0) is 21.4 Å². The summed E-state index contributed by atoms with van der Waals surface area (Å²) in [6, 6.07) is 0. The van der Waals surface area contributed by atoms with Crippen molar-refractivity contribution in [1.82, 2.24) is 0 Å². The van der Waals surface area contributed by atoms with Crippen molar-refractivity contribution in [3.05, 3.63) is 0 Å². The zero-order valence-electron chi connectivity index (χ0n) is 13.9. The van der Waals surface area contributed by atoms with Gasteiger partial charge >= 0.3 is 11.9 Å². The normalized spacial score (nSPS) is 13.9. The summed E-state index contributed by atoms with van der Waals surface area (Å²) in [5.41, 5.74) is 0. The maximum Gasteiger partial charge on any atom is 0.342 e. The molecule has 124 valence electrons. The van der Waals surface area contributed by atoms with Gasteiger partial charge in [-0.15, -0.1) is 0 Å². The molecule has 0 aromatic carbocycles. The molecule has 0 spiro atoms. The molecular weight excluding hydrogens is 292 g/mol. The summed E-state index contributed by atoms with van der Waals surface area (Å²) in [5.74, 6) is -0.515. The molecule has 0 aliphatic rings. The van der Waals surface area contributed by atoms with Crippen molar-refractivity contribution in [3.63, 3.8) is 0 Å². The van der Waals surface area contributed by atoms with E-state index in [1.54, 1.807) is 6.92 Å². The van der Waals surface area contributed by atoms with Gasteiger partial charge in [-0.2, -0.15) is 0 Å². The molecule has 0 amide bonds. The second-order valence-corrected chi connectivity index (χ2v) is 9.04. The van der Waals surface area contributed by atoms with Crippen molar-refractivity contribution in [3.8, 4) is 0 Å². The summed E-state index contributed by atoms with van der Waals surface area (Å²) >= 11 is 0. The molecule has 0 aliphatic carbocycles. The largest absolute Gasteiger partial charge is 0.465 e. The fourth-order valence-corrected chi connectivity index (χ4v) is 2.52. The number of carbonyl (C=O) groups excluding carboxylic acids is 2. The Kier molecular flexibility index (Phi) is 8.63. The first kappa shape index (κ1) is 20.0. The predicted octanol–water partition coefficient (Wildman–Crippen LogP) is 1.88. The molecule has 6 heteroatoms. The van der Waals surface area contributed by atoms with Crippen LogP contribution >= 0.6 is 0 Å². The van der Waals surface area contributed by atoms with Crippen LogP contribution in [0.3, 0.4) is 0 Å². The first-order valence-electron chi connectivity index (χ1n) is 7.25. The number of esters is 2. The van der Waals surface area contributed by atoms with Gasteiger partial charge in [0, 0.05) is 12.0 Å². The highest BCUT2D eigenvalue weighted by Crippen LogP contribution is 2.04. The highest BCUT2D eigenvalue weighted by atomic mass is 32.2. The highest BCUT2D eigenvalue weighted by Gasteiger charge is 2.23. The van der Waals surface area contributed by atoms with Crippen LogP contribution in [0.15, 0.2) is 0 Å². The molecule has 0 rings (SSSR count). The molecule has 0 radical (unpaired) electrons. The Hall–Kier alpha value is -1.04. The van der Waals surface area contributed by atoms with Crippen LogP contribution in [0.5, 0.6) is 0 Å². The zero-order valence-corrected chi connectivity index (χ0v) is 14.7.